The van der Waals surface area contributed by atoms with E-state index >= 15 is 0 Å². The third-order valence-electron chi connectivity index (χ3n) is 6.82. The molecule has 0 aromatic heterocycles. The van der Waals surface area contributed by atoms with Gasteiger partial charge in [0, 0.05) is 45.6 Å². The van der Waals surface area contributed by atoms with E-state index in [9.17, 15) is 19.2 Å². The molecule has 36 heavy (non-hydrogen) atoms. The summed E-state index contributed by atoms with van der Waals surface area (Å²) in [6, 6.07) is 9.80. The van der Waals surface area contributed by atoms with Crippen molar-refractivity contribution < 1.29 is 23.9 Å². The molecule has 1 aromatic carbocycles. The lowest BCUT2D eigenvalue weighted by Crippen LogP contribution is -2.43. The van der Waals surface area contributed by atoms with Gasteiger partial charge in [-0.15, -0.1) is 0 Å². The Kier molecular flexibility index (Phi) is 9.34. The number of carbonyl (C=O) groups is 4. The number of amides is 4. The van der Waals surface area contributed by atoms with Crippen molar-refractivity contribution in [3.63, 3.8) is 0 Å². The fraction of sp³-hybridized carbons (Fsp3) is 0.630. The molecular weight excluding hydrogens is 460 g/mol. The minimum absolute atomic E-state index is 0.00522. The number of nitrogens with one attached hydrogen (secondary N) is 2. The van der Waals surface area contributed by atoms with Crippen LogP contribution in [0.15, 0.2) is 30.3 Å². The molecule has 0 saturated carbocycles. The SMILES string of the molecule is CC(c1ccccc1)N1CC(C(=O)NCC2CCN(C(=O)CCNC(=O)OC(C)(C)C)CC2)CC1=O. The van der Waals surface area contributed by atoms with E-state index in [4.69, 9.17) is 4.74 Å². The summed E-state index contributed by atoms with van der Waals surface area (Å²) >= 11 is 0. The van der Waals surface area contributed by atoms with Crippen molar-refractivity contribution in [1.29, 1.82) is 0 Å². The van der Waals surface area contributed by atoms with Crippen molar-refractivity contribution >= 4 is 23.8 Å². The Balaban J connectivity index is 1.34. The summed E-state index contributed by atoms with van der Waals surface area (Å²) in [6.07, 6.45) is 1.58. The predicted octanol–water partition coefficient (Wildman–Crippen LogP) is 2.87. The number of nitrogens with zero attached hydrogens (tertiary/aromatic N) is 2. The fourth-order valence-electron chi connectivity index (χ4n) is 4.71. The molecule has 2 aliphatic heterocycles. The zero-order valence-corrected chi connectivity index (χ0v) is 21.9. The quantitative estimate of drug-likeness (QED) is 0.571. The smallest absolute Gasteiger partial charge is 0.407 e. The van der Waals surface area contributed by atoms with Gasteiger partial charge >= 0.3 is 6.09 Å². The fourth-order valence-corrected chi connectivity index (χ4v) is 4.71. The van der Waals surface area contributed by atoms with Gasteiger partial charge in [0.25, 0.3) is 0 Å². The molecule has 9 heteroatoms. The summed E-state index contributed by atoms with van der Waals surface area (Å²) in [5.41, 5.74) is 0.493. The van der Waals surface area contributed by atoms with Crippen LogP contribution in [-0.4, -0.2) is 71.9 Å². The van der Waals surface area contributed by atoms with Crippen molar-refractivity contribution in [3.05, 3.63) is 35.9 Å². The van der Waals surface area contributed by atoms with Crippen LogP contribution in [0.2, 0.25) is 0 Å². The van der Waals surface area contributed by atoms with E-state index < -0.39 is 11.7 Å². The molecule has 2 N–H and O–H groups in total. The minimum Gasteiger partial charge on any atom is -0.444 e. The highest BCUT2D eigenvalue weighted by atomic mass is 16.6. The molecule has 4 amide bonds. The van der Waals surface area contributed by atoms with Gasteiger partial charge in [-0.05, 0) is 52.0 Å². The second-order valence-electron chi connectivity index (χ2n) is 10.8. The molecule has 2 aliphatic rings. The first-order chi connectivity index (χ1) is 17.0. The molecule has 2 heterocycles. The van der Waals surface area contributed by atoms with Crippen molar-refractivity contribution in [1.82, 2.24) is 20.4 Å². The molecule has 198 valence electrons. The Morgan fingerprint density at radius 3 is 2.39 bits per heavy atom. The first-order valence-corrected chi connectivity index (χ1v) is 12.9. The number of ether oxygens (including phenoxy) is 1. The van der Waals surface area contributed by atoms with E-state index in [-0.39, 0.29) is 49.1 Å². The van der Waals surface area contributed by atoms with Crippen LogP contribution in [0.25, 0.3) is 0 Å². The predicted molar refractivity (Wildman–Crippen MR) is 136 cm³/mol. The highest BCUT2D eigenvalue weighted by Gasteiger charge is 2.37. The van der Waals surface area contributed by atoms with Crippen molar-refractivity contribution in [3.8, 4) is 0 Å². The molecule has 0 radical (unpaired) electrons. The number of alkyl carbamates (subject to hydrolysis) is 1. The normalized spacial score (nSPS) is 19.7. The average molecular weight is 501 g/mol. The Bertz CT molecular complexity index is 922. The minimum atomic E-state index is -0.571. The maximum absolute atomic E-state index is 12.8. The maximum Gasteiger partial charge on any atom is 0.407 e. The summed E-state index contributed by atoms with van der Waals surface area (Å²) in [4.78, 5) is 53.1. The standard InChI is InChI=1S/C27H40N4O5/c1-19(21-8-6-5-7-9-21)31-18-22(16-24(31)33)25(34)29-17-20-11-14-30(15-12-20)23(32)10-13-28-26(35)36-27(2,3)4/h5-9,19-20,22H,10-18H2,1-4H3,(H,28,35)(H,29,34). The lowest BCUT2D eigenvalue weighted by atomic mass is 9.96. The summed E-state index contributed by atoms with van der Waals surface area (Å²) in [5, 5.41) is 5.66. The van der Waals surface area contributed by atoms with Gasteiger partial charge in [-0.1, -0.05) is 30.3 Å². The summed E-state index contributed by atoms with van der Waals surface area (Å²) in [7, 11) is 0. The van der Waals surface area contributed by atoms with Crippen molar-refractivity contribution in [2.24, 2.45) is 11.8 Å². The molecule has 0 bridgehead atoms. The zero-order valence-electron chi connectivity index (χ0n) is 21.9. The zero-order chi connectivity index (χ0) is 26.3. The number of likely N-dealkylation sites (tertiary alicyclic amines) is 2. The highest BCUT2D eigenvalue weighted by Crippen LogP contribution is 2.28. The lowest BCUT2D eigenvalue weighted by Gasteiger charge is -2.32. The first-order valence-electron chi connectivity index (χ1n) is 12.9. The third-order valence-corrected chi connectivity index (χ3v) is 6.82. The summed E-state index contributed by atoms with van der Waals surface area (Å²) < 4.78 is 5.17. The van der Waals surface area contributed by atoms with E-state index in [0.29, 0.717) is 32.1 Å². The number of carbonyl (C=O) groups excluding carboxylic acids is 4. The summed E-state index contributed by atoms with van der Waals surface area (Å²) in [6.45, 7) is 9.87. The van der Waals surface area contributed by atoms with E-state index in [1.165, 1.54) is 0 Å². The number of piperidine rings is 1. The van der Waals surface area contributed by atoms with Crippen LogP contribution in [0.3, 0.4) is 0 Å². The molecule has 3 rings (SSSR count). The van der Waals surface area contributed by atoms with Gasteiger partial charge in [-0.2, -0.15) is 0 Å². The third kappa shape index (κ3) is 7.96. The topological polar surface area (TPSA) is 108 Å². The van der Waals surface area contributed by atoms with Gasteiger partial charge in [0.15, 0.2) is 0 Å². The molecule has 0 aliphatic carbocycles. The molecular formula is C27H40N4O5. The molecule has 2 atom stereocenters. The first kappa shape index (κ1) is 27.5. The molecule has 2 fully saturated rings. The largest absolute Gasteiger partial charge is 0.444 e. The molecule has 1 aromatic rings. The van der Waals surface area contributed by atoms with Gasteiger partial charge in [0.2, 0.25) is 17.7 Å². The Hall–Kier alpha value is -3.10. The van der Waals surface area contributed by atoms with Crippen LogP contribution in [0, 0.1) is 11.8 Å². The molecule has 2 unspecified atom stereocenters. The van der Waals surface area contributed by atoms with Crippen LogP contribution in [0.1, 0.15) is 65.0 Å². The van der Waals surface area contributed by atoms with E-state index in [0.717, 1.165) is 18.4 Å². The number of benzene rings is 1. The monoisotopic (exact) mass is 500 g/mol. The molecule has 0 spiro atoms. The second-order valence-corrected chi connectivity index (χ2v) is 10.8. The average Bonchev–Trinajstić information content (AvgIpc) is 3.23. The maximum atomic E-state index is 12.8. The van der Waals surface area contributed by atoms with Gasteiger partial charge in [0.05, 0.1) is 12.0 Å². The Morgan fingerprint density at radius 1 is 1.08 bits per heavy atom. The van der Waals surface area contributed by atoms with Gasteiger partial charge < -0.3 is 25.2 Å². The van der Waals surface area contributed by atoms with Crippen LogP contribution < -0.4 is 10.6 Å². The van der Waals surface area contributed by atoms with Crippen LogP contribution >= 0.6 is 0 Å². The number of hydrogen-bond acceptors (Lipinski definition) is 5. The van der Waals surface area contributed by atoms with Gasteiger partial charge in [0.1, 0.15) is 5.60 Å². The highest BCUT2D eigenvalue weighted by molar-refractivity contribution is 5.89. The van der Waals surface area contributed by atoms with Gasteiger partial charge in [-0.3, -0.25) is 14.4 Å². The van der Waals surface area contributed by atoms with E-state index in [1.807, 2.05) is 42.2 Å². The van der Waals surface area contributed by atoms with Crippen LogP contribution in [0.5, 0.6) is 0 Å². The summed E-state index contributed by atoms with van der Waals surface area (Å²) in [5.74, 6) is -0.0832. The second kappa shape index (κ2) is 12.2. The number of hydrogen-bond donors (Lipinski definition) is 2. The molecule has 2 saturated heterocycles. The van der Waals surface area contributed by atoms with Crippen molar-refractivity contribution in [2.45, 2.75) is 65.0 Å². The van der Waals surface area contributed by atoms with Crippen LogP contribution in [-0.2, 0) is 19.1 Å². The van der Waals surface area contributed by atoms with Crippen LogP contribution in [0.4, 0.5) is 4.79 Å². The van der Waals surface area contributed by atoms with E-state index in [2.05, 4.69) is 10.6 Å². The van der Waals surface area contributed by atoms with Crippen molar-refractivity contribution in [2.75, 3.05) is 32.7 Å². The number of rotatable bonds is 8. The van der Waals surface area contributed by atoms with E-state index in [1.54, 1.807) is 25.7 Å². The molecule has 9 nitrogen and oxygen atoms in total. The Morgan fingerprint density at radius 2 is 1.75 bits per heavy atom. The van der Waals surface area contributed by atoms with Gasteiger partial charge in [-0.25, -0.2) is 4.79 Å². The Labute approximate surface area is 213 Å². The lowest BCUT2D eigenvalue weighted by molar-refractivity contribution is -0.132.